The van der Waals surface area contributed by atoms with Gasteiger partial charge in [-0.2, -0.15) is 0 Å². The van der Waals surface area contributed by atoms with Crippen molar-refractivity contribution in [2.75, 3.05) is 29.9 Å². The predicted octanol–water partition coefficient (Wildman–Crippen LogP) is 3.93. The van der Waals surface area contributed by atoms with Crippen molar-refractivity contribution in [2.24, 2.45) is 0 Å². The van der Waals surface area contributed by atoms with Crippen molar-refractivity contribution in [3.8, 4) is 0 Å². The molecule has 0 atom stereocenters. The summed E-state index contributed by atoms with van der Waals surface area (Å²) in [6, 6.07) is 15.2. The molecule has 7 heteroatoms. The van der Waals surface area contributed by atoms with E-state index in [1.807, 2.05) is 62.1 Å². The van der Waals surface area contributed by atoms with Gasteiger partial charge < -0.3 is 15.0 Å². The van der Waals surface area contributed by atoms with Crippen LogP contribution >= 0.6 is 0 Å². The van der Waals surface area contributed by atoms with Crippen LogP contribution in [0.2, 0.25) is 0 Å². The summed E-state index contributed by atoms with van der Waals surface area (Å²) in [5.41, 5.74) is 0.00893. The third-order valence-electron chi connectivity index (χ3n) is 4.84. The Morgan fingerprint density at radius 2 is 1.77 bits per heavy atom. The van der Waals surface area contributed by atoms with Crippen LogP contribution in [-0.2, 0) is 9.53 Å². The summed E-state index contributed by atoms with van der Waals surface area (Å²) in [4.78, 5) is 33.2. The first-order valence-corrected chi connectivity index (χ1v) is 10.3. The first kappa shape index (κ1) is 21.6. The number of nitrogens with one attached hydrogen (secondary N) is 1. The second-order valence-electron chi connectivity index (χ2n) is 8.42. The standard InChI is InChI=1S/C23H30N4O3/c1-23(2,3)30-22(29)27(19-9-5-4-6-10-19)17-21(28)26-15-12-18(13-16-26)25-20-11-7-8-14-24-20/h4-11,14,18H,12-13,15-17H2,1-3H3,(H,24,25). The van der Waals surface area contributed by atoms with Gasteiger partial charge in [0.05, 0.1) is 0 Å². The zero-order chi connectivity index (χ0) is 21.6. The van der Waals surface area contributed by atoms with Gasteiger partial charge in [0.2, 0.25) is 5.91 Å². The van der Waals surface area contributed by atoms with Crippen LogP contribution in [0.3, 0.4) is 0 Å². The first-order valence-electron chi connectivity index (χ1n) is 10.3. The number of para-hydroxylation sites is 1. The Bertz CT molecular complexity index is 829. The molecule has 0 saturated carbocycles. The van der Waals surface area contributed by atoms with E-state index >= 15 is 0 Å². The van der Waals surface area contributed by atoms with E-state index in [1.165, 1.54) is 4.90 Å². The fraction of sp³-hybridized carbons (Fsp3) is 0.435. The quantitative estimate of drug-likeness (QED) is 0.808. The minimum absolute atomic E-state index is 0.0444. The Balaban J connectivity index is 1.60. The Kier molecular flexibility index (Phi) is 6.92. The van der Waals surface area contributed by atoms with Gasteiger partial charge in [0.1, 0.15) is 18.0 Å². The fourth-order valence-corrected chi connectivity index (χ4v) is 3.35. The second kappa shape index (κ2) is 9.61. The maximum Gasteiger partial charge on any atom is 0.415 e. The van der Waals surface area contributed by atoms with Gasteiger partial charge in [-0.15, -0.1) is 0 Å². The molecule has 160 valence electrons. The average molecular weight is 411 g/mol. The molecule has 1 aliphatic rings. The lowest BCUT2D eigenvalue weighted by Gasteiger charge is -2.34. The van der Waals surface area contributed by atoms with E-state index in [9.17, 15) is 9.59 Å². The number of rotatable bonds is 5. The number of pyridine rings is 1. The smallest absolute Gasteiger partial charge is 0.415 e. The molecule has 1 saturated heterocycles. The Morgan fingerprint density at radius 1 is 1.10 bits per heavy atom. The molecule has 1 aromatic heterocycles. The van der Waals surface area contributed by atoms with Gasteiger partial charge in [0.25, 0.3) is 0 Å². The number of piperidine rings is 1. The second-order valence-corrected chi connectivity index (χ2v) is 8.42. The van der Waals surface area contributed by atoms with E-state index in [0.29, 0.717) is 18.8 Å². The highest BCUT2D eigenvalue weighted by Gasteiger charge is 2.29. The Hall–Kier alpha value is -3.09. The Labute approximate surface area is 178 Å². The molecule has 2 heterocycles. The van der Waals surface area contributed by atoms with Gasteiger partial charge in [-0.3, -0.25) is 9.69 Å². The molecule has 1 fully saturated rings. The largest absolute Gasteiger partial charge is 0.443 e. The molecule has 30 heavy (non-hydrogen) atoms. The third-order valence-corrected chi connectivity index (χ3v) is 4.84. The van der Waals surface area contributed by atoms with Gasteiger partial charge in [-0.1, -0.05) is 24.3 Å². The van der Waals surface area contributed by atoms with E-state index in [-0.39, 0.29) is 18.5 Å². The lowest BCUT2D eigenvalue weighted by molar-refractivity contribution is -0.130. The first-order chi connectivity index (χ1) is 14.3. The van der Waals surface area contributed by atoms with Crippen LogP contribution in [0.5, 0.6) is 0 Å². The summed E-state index contributed by atoms with van der Waals surface area (Å²) < 4.78 is 5.53. The van der Waals surface area contributed by atoms with Crippen molar-refractivity contribution in [1.82, 2.24) is 9.88 Å². The average Bonchev–Trinajstić information content (AvgIpc) is 2.72. The fourth-order valence-electron chi connectivity index (χ4n) is 3.35. The van der Waals surface area contributed by atoms with Gasteiger partial charge in [0, 0.05) is 31.0 Å². The van der Waals surface area contributed by atoms with Crippen molar-refractivity contribution in [2.45, 2.75) is 45.3 Å². The number of ether oxygens (including phenoxy) is 1. The highest BCUT2D eigenvalue weighted by molar-refractivity contribution is 5.95. The SMILES string of the molecule is CC(C)(C)OC(=O)N(CC(=O)N1CCC(Nc2ccccn2)CC1)c1ccccc1. The van der Waals surface area contributed by atoms with Crippen LogP contribution < -0.4 is 10.2 Å². The van der Waals surface area contributed by atoms with Crippen LogP contribution in [0.15, 0.2) is 54.7 Å². The summed E-state index contributed by atoms with van der Waals surface area (Å²) in [6.07, 6.45) is 2.91. The summed E-state index contributed by atoms with van der Waals surface area (Å²) in [5.74, 6) is 0.767. The number of benzene rings is 1. The number of carbonyl (C=O) groups excluding carboxylic acids is 2. The van der Waals surface area contributed by atoms with Crippen molar-refractivity contribution < 1.29 is 14.3 Å². The normalized spacial score (nSPS) is 14.8. The molecule has 3 rings (SSSR count). The summed E-state index contributed by atoms with van der Waals surface area (Å²) >= 11 is 0. The van der Waals surface area contributed by atoms with E-state index in [2.05, 4.69) is 10.3 Å². The molecule has 7 nitrogen and oxygen atoms in total. The van der Waals surface area contributed by atoms with Crippen LogP contribution in [0, 0.1) is 0 Å². The molecule has 0 radical (unpaired) electrons. The van der Waals surface area contributed by atoms with Crippen LogP contribution in [-0.4, -0.2) is 53.2 Å². The van der Waals surface area contributed by atoms with Crippen molar-refractivity contribution in [3.63, 3.8) is 0 Å². The highest BCUT2D eigenvalue weighted by atomic mass is 16.6. The van der Waals surface area contributed by atoms with Gasteiger partial charge in [0.15, 0.2) is 0 Å². The number of hydrogen-bond acceptors (Lipinski definition) is 5. The zero-order valence-electron chi connectivity index (χ0n) is 17.9. The Morgan fingerprint density at radius 3 is 2.37 bits per heavy atom. The molecule has 1 aromatic carbocycles. The molecular weight excluding hydrogens is 380 g/mol. The molecule has 2 aromatic rings. The topological polar surface area (TPSA) is 74.8 Å². The molecule has 0 unspecified atom stereocenters. The van der Waals surface area contributed by atoms with Crippen molar-refractivity contribution in [1.29, 1.82) is 0 Å². The van der Waals surface area contributed by atoms with E-state index in [1.54, 1.807) is 18.3 Å². The molecule has 1 N–H and O–H groups in total. The molecule has 0 bridgehead atoms. The van der Waals surface area contributed by atoms with Gasteiger partial charge in [-0.05, 0) is 57.9 Å². The van der Waals surface area contributed by atoms with E-state index < -0.39 is 11.7 Å². The lowest BCUT2D eigenvalue weighted by atomic mass is 10.0. The number of hydrogen-bond donors (Lipinski definition) is 1. The number of likely N-dealkylation sites (tertiary alicyclic amines) is 1. The molecule has 0 aliphatic carbocycles. The van der Waals surface area contributed by atoms with Crippen molar-refractivity contribution in [3.05, 3.63) is 54.7 Å². The van der Waals surface area contributed by atoms with Crippen LogP contribution in [0.25, 0.3) is 0 Å². The summed E-state index contributed by atoms with van der Waals surface area (Å²) in [7, 11) is 0. The van der Waals surface area contributed by atoms with Crippen LogP contribution in [0.1, 0.15) is 33.6 Å². The lowest BCUT2D eigenvalue weighted by Crippen LogP contribution is -2.48. The van der Waals surface area contributed by atoms with Crippen LogP contribution in [0.4, 0.5) is 16.3 Å². The monoisotopic (exact) mass is 410 g/mol. The molecule has 0 spiro atoms. The van der Waals surface area contributed by atoms with E-state index in [0.717, 1.165) is 18.7 Å². The maximum absolute atomic E-state index is 13.0. The predicted molar refractivity (Wildman–Crippen MR) is 117 cm³/mol. The number of aromatic nitrogens is 1. The van der Waals surface area contributed by atoms with Crippen molar-refractivity contribution >= 4 is 23.5 Å². The maximum atomic E-state index is 13.0. The number of anilines is 2. The van der Waals surface area contributed by atoms with Gasteiger partial charge in [-0.25, -0.2) is 9.78 Å². The molecule has 2 amide bonds. The van der Waals surface area contributed by atoms with Gasteiger partial charge >= 0.3 is 6.09 Å². The third kappa shape index (κ3) is 6.20. The number of nitrogens with zero attached hydrogens (tertiary/aromatic N) is 3. The summed E-state index contributed by atoms with van der Waals surface area (Å²) in [5, 5.41) is 3.42. The molecular formula is C23H30N4O3. The zero-order valence-corrected chi connectivity index (χ0v) is 17.9. The minimum atomic E-state index is -0.636. The highest BCUT2D eigenvalue weighted by Crippen LogP contribution is 2.20. The van der Waals surface area contributed by atoms with E-state index in [4.69, 9.17) is 4.74 Å². The number of amides is 2. The number of carbonyl (C=O) groups is 2. The molecule has 1 aliphatic heterocycles. The minimum Gasteiger partial charge on any atom is -0.443 e. The summed E-state index contributed by atoms with van der Waals surface area (Å²) in [6.45, 7) is 6.68.